The molecule has 0 aromatic carbocycles. The Morgan fingerprint density at radius 3 is 2.47 bits per heavy atom. The molecule has 0 aromatic rings. The van der Waals surface area contributed by atoms with Crippen molar-refractivity contribution in [3.8, 4) is 0 Å². The van der Waals surface area contributed by atoms with Gasteiger partial charge in [-0.2, -0.15) is 0 Å². The van der Waals surface area contributed by atoms with Crippen molar-refractivity contribution in [1.82, 2.24) is 5.32 Å². The van der Waals surface area contributed by atoms with Crippen molar-refractivity contribution >= 4 is 0 Å². The summed E-state index contributed by atoms with van der Waals surface area (Å²) in [4.78, 5) is 0. The second kappa shape index (κ2) is 7.92. The van der Waals surface area contributed by atoms with Gasteiger partial charge in [0.15, 0.2) is 0 Å². The van der Waals surface area contributed by atoms with Gasteiger partial charge in [0.05, 0.1) is 0 Å². The van der Waals surface area contributed by atoms with Crippen molar-refractivity contribution in [3.63, 3.8) is 0 Å². The summed E-state index contributed by atoms with van der Waals surface area (Å²) in [7, 11) is 0. The average Bonchev–Trinajstić information content (AvgIpc) is 2.18. The molecule has 1 N–H and O–H groups in total. The third kappa shape index (κ3) is 6.72. The molecule has 1 nitrogen and oxygen atoms in total. The predicted octanol–water partition coefficient (Wildman–Crippen LogP) is 4.00. The van der Waals surface area contributed by atoms with Gasteiger partial charge in [0.2, 0.25) is 0 Å². The molecule has 0 saturated heterocycles. The van der Waals surface area contributed by atoms with Gasteiger partial charge >= 0.3 is 0 Å². The van der Waals surface area contributed by atoms with E-state index in [-0.39, 0.29) is 5.41 Å². The van der Waals surface area contributed by atoms with E-state index in [0.717, 1.165) is 19.0 Å². The molecule has 0 bridgehead atoms. The minimum Gasteiger partial charge on any atom is -0.316 e. The normalized spacial score (nSPS) is 17.1. The highest BCUT2D eigenvalue weighted by Gasteiger charge is 2.22. The molecule has 0 radical (unpaired) electrons. The quantitative estimate of drug-likeness (QED) is 0.449. The highest BCUT2D eigenvalue weighted by molar-refractivity contribution is 4.93. The summed E-state index contributed by atoms with van der Waals surface area (Å²) in [6.07, 6.45) is 7.20. The first-order chi connectivity index (χ1) is 7.08. The Morgan fingerprint density at radius 1 is 1.33 bits per heavy atom. The zero-order valence-corrected chi connectivity index (χ0v) is 11.1. The average molecular weight is 211 g/mol. The molecule has 0 rings (SSSR count). The standard InChI is InChI=1S/C14H29N/c1-6-9-13(4)11-14(5,8-3)12-15-10-7-2/h8,13,15H,3,6-7,9-12H2,1-2,4-5H3. The second-order valence-corrected chi connectivity index (χ2v) is 5.13. The maximum atomic E-state index is 3.98. The van der Waals surface area contributed by atoms with Gasteiger partial charge in [-0.25, -0.2) is 0 Å². The van der Waals surface area contributed by atoms with E-state index in [9.17, 15) is 0 Å². The van der Waals surface area contributed by atoms with Crippen LogP contribution in [0.25, 0.3) is 0 Å². The molecule has 0 fully saturated rings. The Labute approximate surface area is 96.3 Å². The lowest BCUT2D eigenvalue weighted by Crippen LogP contribution is -2.32. The van der Waals surface area contributed by atoms with Crippen LogP contribution >= 0.6 is 0 Å². The molecule has 0 amide bonds. The summed E-state index contributed by atoms with van der Waals surface area (Å²) in [5.74, 6) is 0.807. The molecular weight excluding hydrogens is 182 g/mol. The van der Waals surface area contributed by atoms with Crippen LogP contribution < -0.4 is 5.32 Å². The molecular formula is C14H29N. The van der Waals surface area contributed by atoms with E-state index in [4.69, 9.17) is 0 Å². The van der Waals surface area contributed by atoms with Crippen molar-refractivity contribution in [3.05, 3.63) is 12.7 Å². The maximum Gasteiger partial charge on any atom is 0.00398 e. The van der Waals surface area contributed by atoms with Gasteiger partial charge in [-0.05, 0) is 30.7 Å². The van der Waals surface area contributed by atoms with Crippen LogP contribution in [0.3, 0.4) is 0 Å². The van der Waals surface area contributed by atoms with E-state index >= 15 is 0 Å². The Bertz CT molecular complexity index is 165. The van der Waals surface area contributed by atoms with Crippen molar-refractivity contribution in [2.24, 2.45) is 11.3 Å². The molecule has 0 aliphatic rings. The second-order valence-electron chi connectivity index (χ2n) is 5.13. The first-order valence-electron chi connectivity index (χ1n) is 6.42. The lowest BCUT2D eigenvalue weighted by Gasteiger charge is -2.29. The monoisotopic (exact) mass is 211 g/mol. The summed E-state index contributed by atoms with van der Waals surface area (Å²) >= 11 is 0. The van der Waals surface area contributed by atoms with Gasteiger partial charge in [-0.15, -0.1) is 6.58 Å². The third-order valence-corrected chi connectivity index (χ3v) is 3.04. The first-order valence-corrected chi connectivity index (χ1v) is 6.42. The van der Waals surface area contributed by atoms with Crippen molar-refractivity contribution in [2.75, 3.05) is 13.1 Å². The fraction of sp³-hybridized carbons (Fsp3) is 0.857. The van der Waals surface area contributed by atoms with Gasteiger partial charge in [-0.3, -0.25) is 0 Å². The summed E-state index contributed by atoms with van der Waals surface area (Å²) in [5.41, 5.74) is 0.268. The molecule has 0 spiro atoms. The lowest BCUT2D eigenvalue weighted by molar-refractivity contribution is 0.294. The first kappa shape index (κ1) is 14.7. The van der Waals surface area contributed by atoms with E-state index in [1.165, 1.54) is 25.7 Å². The van der Waals surface area contributed by atoms with Crippen LogP contribution in [0.2, 0.25) is 0 Å². The Kier molecular flexibility index (Phi) is 7.76. The summed E-state index contributed by atoms with van der Waals surface area (Å²) in [6.45, 7) is 15.3. The minimum absolute atomic E-state index is 0.268. The van der Waals surface area contributed by atoms with Crippen molar-refractivity contribution < 1.29 is 0 Å². The number of hydrogen-bond donors (Lipinski definition) is 1. The highest BCUT2D eigenvalue weighted by Crippen LogP contribution is 2.28. The number of rotatable bonds is 9. The Balaban J connectivity index is 3.99. The molecule has 0 aromatic heterocycles. The van der Waals surface area contributed by atoms with E-state index in [1.54, 1.807) is 0 Å². The van der Waals surface area contributed by atoms with Crippen LogP contribution in [0, 0.1) is 11.3 Å². The van der Waals surface area contributed by atoms with Crippen molar-refractivity contribution in [2.45, 2.75) is 53.4 Å². The van der Waals surface area contributed by atoms with Gasteiger partial charge < -0.3 is 5.32 Å². The maximum absolute atomic E-state index is 3.98. The van der Waals surface area contributed by atoms with Crippen LogP contribution in [0.5, 0.6) is 0 Å². The van der Waals surface area contributed by atoms with Crippen molar-refractivity contribution in [1.29, 1.82) is 0 Å². The highest BCUT2D eigenvalue weighted by atomic mass is 14.9. The summed E-state index contributed by atoms with van der Waals surface area (Å²) < 4.78 is 0. The summed E-state index contributed by atoms with van der Waals surface area (Å²) in [6, 6.07) is 0. The molecule has 90 valence electrons. The van der Waals surface area contributed by atoms with Crippen LogP contribution in [-0.2, 0) is 0 Å². The minimum atomic E-state index is 0.268. The van der Waals surface area contributed by atoms with Crippen LogP contribution in [0.4, 0.5) is 0 Å². The molecule has 2 unspecified atom stereocenters. The van der Waals surface area contributed by atoms with Gasteiger partial charge in [0, 0.05) is 6.54 Å². The van der Waals surface area contributed by atoms with E-state index in [1.807, 2.05) is 0 Å². The molecule has 0 saturated carbocycles. The summed E-state index contributed by atoms with van der Waals surface area (Å²) in [5, 5.41) is 3.50. The SMILES string of the molecule is C=CC(C)(CNCCC)CC(C)CCC. The third-order valence-electron chi connectivity index (χ3n) is 3.04. The molecule has 0 aliphatic heterocycles. The predicted molar refractivity (Wildman–Crippen MR) is 70.2 cm³/mol. The molecule has 2 atom stereocenters. The fourth-order valence-electron chi connectivity index (χ4n) is 2.17. The Morgan fingerprint density at radius 2 is 2.00 bits per heavy atom. The van der Waals surface area contributed by atoms with Gasteiger partial charge in [0.25, 0.3) is 0 Å². The zero-order valence-electron chi connectivity index (χ0n) is 11.1. The topological polar surface area (TPSA) is 12.0 Å². The molecule has 15 heavy (non-hydrogen) atoms. The van der Waals surface area contributed by atoms with E-state index in [2.05, 4.69) is 45.7 Å². The molecule has 0 aliphatic carbocycles. The lowest BCUT2D eigenvalue weighted by atomic mass is 9.80. The largest absolute Gasteiger partial charge is 0.316 e. The van der Waals surface area contributed by atoms with Gasteiger partial charge in [0.1, 0.15) is 0 Å². The van der Waals surface area contributed by atoms with Crippen LogP contribution in [0.15, 0.2) is 12.7 Å². The van der Waals surface area contributed by atoms with Crippen LogP contribution in [-0.4, -0.2) is 13.1 Å². The zero-order chi connectivity index (χ0) is 11.7. The van der Waals surface area contributed by atoms with E-state index in [0.29, 0.717) is 0 Å². The van der Waals surface area contributed by atoms with Gasteiger partial charge in [-0.1, -0.05) is 46.6 Å². The fourth-order valence-corrected chi connectivity index (χ4v) is 2.17. The number of hydrogen-bond acceptors (Lipinski definition) is 1. The molecule has 0 heterocycles. The number of nitrogens with one attached hydrogen (secondary N) is 1. The van der Waals surface area contributed by atoms with Crippen LogP contribution in [0.1, 0.15) is 53.4 Å². The van der Waals surface area contributed by atoms with E-state index < -0.39 is 0 Å². The smallest absolute Gasteiger partial charge is 0.00398 e. The molecule has 1 heteroatoms. The Hall–Kier alpha value is -0.300.